The summed E-state index contributed by atoms with van der Waals surface area (Å²) in [6.45, 7) is 1.12. The molecule has 0 saturated carbocycles. The molecule has 162 valence electrons. The topological polar surface area (TPSA) is 97.1 Å². The van der Waals surface area contributed by atoms with Gasteiger partial charge in [0.1, 0.15) is 17.1 Å². The van der Waals surface area contributed by atoms with Crippen LogP contribution in [0.1, 0.15) is 23.0 Å². The number of amides is 1. The molecule has 1 atom stereocenters. The number of carbonyl (C=O) groups excluding carboxylic acids is 1. The van der Waals surface area contributed by atoms with E-state index in [0.717, 1.165) is 41.2 Å². The van der Waals surface area contributed by atoms with Crippen molar-refractivity contribution < 1.29 is 27.5 Å². The molecular formula is C20H16F4N4O3. The predicted octanol–water partition coefficient (Wildman–Crippen LogP) is 2.56. The van der Waals surface area contributed by atoms with E-state index in [1.165, 1.54) is 19.1 Å². The van der Waals surface area contributed by atoms with Crippen LogP contribution in [0.4, 0.5) is 17.6 Å². The van der Waals surface area contributed by atoms with Gasteiger partial charge in [-0.05, 0) is 43.3 Å². The van der Waals surface area contributed by atoms with Gasteiger partial charge < -0.3 is 10.4 Å². The summed E-state index contributed by atoms with van der Waals surface area (Å²) < 4.78 is 52.8. The number of pyridine rings is 1. The van der Waals surface area contributed by atoms with Crippen molar-refractivity contribution in [3.63, 3.8) is 0 Å². The van der Waals surface area contributed by atoms with Gasteiger partial charge in [-0.25, -0.2) is 4.39 Å². The molecule has 3 rings (SSSR count). The van der Waals surface area contributed by atoms with Gasteiger partial charge in [-0.1, -0.05) is 6.07 Å². The molecule has 11 heteroatoms. The van der Waals surface area contributed by atoms with Crippen molar-refractivity contribution in [2.75, 3.05) is 6.61 Å². The largest absolute Gasteiger partial charge is 0.433 e. The Hall–Kier alpha value is -3.60. The molecule has 0 radical (unpaired) electrons. The van der Waals surface area contributed by atoms with Gasteiger partial charge in [0.15, 0.2) is 0 Å². The smallest absolute Gasteiger partial charge is 0.394 e. The summed E-state index contributed by atoms with van der Waals surface area (Å²) in [5.41, 5.74) is -2.32. The minimum Gasteiger partial charge on any atom is -0.394 e. The normalized spacial score (nSPS) is 12.5. The fourth-order valence-corrected chi connectivity index (χ4v) is 2.64. The Morgan fingerprint density at radius 3 is 2.55 bits per heavy atom. The fraction of sp³-hybridized carbons (Fsp3) is 0.200. The number of halogens is 4. The van der Waals surface area contributed by atoms with E-state index < -0.39 is 40.8 Å². The second-order valence-corrected chi connectivity index (χ2v) is 6.63. The number of rotatable bonds is 5. The van der Waals surface area contributed by atoms with E-state index in [4.69, 9.17) is 5.11 Å². The summed E-state index contributed by atoms with van der Waals surface area (Å²) >= 11 is 0. The Labute approximate surface area is 173 Å². The van der Waals surface area contributed by atoms with Crippen LogP contribution in [-0.4, -0.2) is 38.4 Å². The van der Waals surface area contributed by atoms with Crippen molar-refractivity contribution >= 4 is 5.91 Å². The van der Waals surface area contributed by atoms with E-state index in [9.17, 15) is 27.2 Å². The molecule has 0 bridgehead atoms. The molecule has 31 heavy (non-hydrogen) atoms. The molecule has 0 aliphatic carbocycles. The molecular weight excluding hydrogens is 420 g/mol. The molecule has 0 aliphatic heterocycles. The lowest BCUT2D eigenvalue weighted by Crippen LogP contribution is -2.39. The first kappa shape index (κ1) is 22.1. The number of aromatic nitrogens is 3. The number of benzene rings is 1. The van der Waals surface area contributed by atoms with E-state index in [0.29, 0.717) is 0 Å². The van der Waals surface area contributed by atoms with Gasteiger partial charge in [0.2, 0.25) is 0 Å². The number of alkyl halides is 3. The summed E-state index contributed by atoms with van der Waals surface area (Å²) in [6, 6.07) is 7.14. The summed E-state index contributed by atoms with van der Waals surface area (Å²) in [6.07, 6.45) is -3.73. The average molecular weight is 436 g/mol. The predicted molar refractivity (Wildman–Crippen MR) is 102 cm³/mol. The molecule has 2 N–H and O–H groups in total. The van der Waals surface area contributed by atoms with Crippen molar-refractivity contribution in [1.29, 1.82) is 0 Å². The highest BCUT2D eigenvalue weighted by Crippen LogP contribution is 2.28. The Kier molecular flexibility index (Phi) is 6.16. The van der Waals surface area contributed by atoms with E-state index in [-0.39, 0.29) is 23.6 Å². The minimum absolute atomic E-state index is 0.0102. The minimum atomic E-state index is -4.64. The number of aliphatic hydroxyl groups is 1. The Bertz CT molecular complexity index is 1160. The molecule has 0 spiro atoms. The first-order chi connectivity index (χ1) is 14.6. The fourth-order valence-electron chi connectivity index (χ4n) is 2.64. The lowest BCUT2D eigenvalue weighted by Gasteiger charge is -2.14. The van der Waals surface area contributed by atoms with Crippen molar-refractivity contribution in [2.24, 2.45) is 0 Å². The van der Waals surface area contributed by atoms with Crippen LogP contribution in [0.5, 0.6) is 0 Å². The van der Waals surface area contributed by atoms with Crippen LogP contribution in [0.15, 0.2) is 53.5 Å². The Morgan fingerprint density at radius 2 is 1.97 bits per heavy atom. The van der Waals surface area contributed by atoms with Crippen molar-refractivity contribution in [2.45, 2.75) is 19.1 Å². The molecule has 0 aliphatic rings. The summed E-state index contributed by atoms with van der Waals surface area (Å²) in [7, 11) is 0. The summed E-state index contributed by atoms with van der Waals surface area (Å²) in [5, 5.41) is 15.6. The monoisotopic (exact) mass is 436 g/mol. The lowest BCUT2D eigenvalue weighted by molar-refractivity contribution is -0.141. The maximum absolute atomic E-state index is 13.7. The van der Waals surface area contributed by atoms with Crippen molar-refractivity contribution in [3.05, 3.63) is 76.1 Å². The second kappa shape index (κ2) is 8.64. The standard InChI is InChI=1S/C20H16F4N4O3/c1-11(10-29)26-18(30)15-8-16(12-5-6-17(25-9-12)20(22,23)24)27-28(19(15)31)14-4-2-3-13(21)7-14/h2-9,11,29H,10H2,1H3,(H,26,30). The van der Waals surface area contributed by atoms with Crippen LogP contribution in [-0.2, 0) is 6.18 Å². The quantitative estimate of drug-likeness (QED) is 0.600. The highest BCUT2D eigenvalue weighted by molar-refractivity contribution is 5.95. The first-order valence-corrected chi connectivity index (χ1v) is 8.96. The molecule has 1 amide bonds. The highest BCUT2D eigenvalue weighted by atomic mass is 19.4. The number of hydrogen-bond acceptors (Lipinski definition) is 5. The van der Waals surface area contributed by atoms with Crippen molar-refractivity contribution in [1.82, 2.24) is 20.1 Å². The summed E-state index contributed by atoms with van der Waals surface area (Å²) in [5.74, 6) is -1.49. The van der Waals surface area contributed by atoms with E-state index in [1.54, 1.807) is 0 Å². The zero-order chi connectivity index (χ0) is 22.8. The second-order valence-electron chi connectivity index (χ2n) is 6.63. The molecule has 0 fully saturated rings. The molecule has 2 aromatic heterocycles. The number of aliphatic hydroxyl groups excluding tert-OH is 1. The zero-order valence-electron chi connectivity index (χ0n) is 16.0. The number of nitrogens with zero attached hydrogens (tertiary/aromatic N) is 3. The zero-order valence-corrected chi connectivity index (χ0v) is 16.0. The highest BCUT2D eigenvalue weighted by Gasteiger charge is 2.32. The Balaban J connectivity index is 2.17. The van der Waals surface area contributed by atoms with Gasteiger partial charge in [0, 0.05) is 17.8 Å². The molecule has 0 saturated heterocycles. The summed E-state index contributed by atoms with van der Waals surface area (Å²) in [4.78, 5) is 28.8. The lowest BCUT2D eigenvalue weighted by atomic mass is 10.1. The van der Waals surface area contributed by atoms with Crippen LogP contribution in [0.2, 0.25) is 0 Å². The molecule has 1 unspecified atom stereocenters. The van der Waals surface area contributed by atoms with Crippen molar-refractivity contribution in [3.8, 4) is 16.9 Å². The number of carbonyl (C=O) groups is 1. The molecule has 3 aromatic rings. The van der Waals surface area contributed by atoms with Crippen LogP contribution in [0, 0.1) is 5.82 Å². The Morgan fingerprint density at radius 1 is 1.23 bits per heavy atom. The van der Waals surface area contributed by atoms with E-state index >= 15 is 0 Å². The third-order valence-corrected chi connectivity index (χ3v) is 4.21. The third kappa shape index (κ3) is 4.94. The van der Waals surface area contributed by atoms with Gasteiger partial charge in [-0.3, -0.25) is 14.6 Å². The number of nitrogens with one attached hydrogen (secondary N) is 1. The van der Waals surface area contributed by atoms with Crippen LogP contribution >= 0.6 is 0 Å². The van der Waals surface area contributed by atoms with E-state index in [2.05, 4.69) is 15.4 Å². The first-order valence-electron chi connectivity index (χ1n) is 8.96. The van der Waals surface area contributed by atoms with Gasteiger partial charge in [0.05, 0.1) is 18.0 Å². The SMILES string of the molecule is CC(CO)NC(=O)c1cc(-c2ccc(C(F)(F)F)nc2)nn(-c2cccc(F)c2)c1=O. The number of hydrogen-bond donors (Lipinski definition) is 2. The van der Waals surface area contributed by atoms with Gasteiger partial charge in [0.25, 0.3) is 11.5 Å². The maximum Gasteiger partial charge on any atom is 0.433 e. The van der Waals surface area contributed by atoms with E-state index in [1.807, 2.05) is 0 Å². The van der Waals surface area contributed by atoms with Crippen LogP contribution < -0.4 is 10.9 Å². The van der Waals surface area contributed by atoms with Crippen LogP contribution in [0.25, 0.3) is 16.9 Å². The van der Waals surface area contributed by atoms with Gasteiger partial charge in [-0.15, -0.1) is 0 Å². The molecule has 2 heterocycles. The molecule has 1 aromatic carbocycles. The maximum atomic E-state index is 13.7. The van der Waals surface area contributed by atoms with Gasteiger partial charge >= 0.3 is 6.18 Å². The average Bonchev–Trinajstić information content (AvgIpc) is 2.73. The van der Waals surface area contributed by atoms with Gasteiger partial charge in [-0.2, -0.15) is 23.0 Å². The molecule has 7 nitrogen and oxygen atoms in total. The third-order valence-electron chi connectivity index (χ3n) is 4.21. The van der Waals surface area contributed by atoms with Crippen LogP contribution in [0.3, 0.4) is 0 Å².